The van der Waals surface area contributed by atoms with Crippen LogP contribution in [-0.2, 0) is 0 Å². The maximum atomic E-state index is 6.41. The van der Waals surface area contributed by atoms with Crippen LogP contribution in [0.3, 0.4) is 0 Å². The van der Waals surface area contributed by atoms with Gasteiger partial charge in [-0.25, -0.2) is 4.98 Å². The van der Waals surface area contributed by atoms with Gasteiger partial charge in [-0.3, -0.25) is 4.90 Å². The van der Waals surface area contributed by atoms with Crippen molar-refractivity contribution >= 4 is 22.9 Å². The smallest absolute Gasteiger partial charge is 0.141 e. The molecule has 36 heavy (non-hydrogen) atoms. The second-order valence-electron chi connectivity index (χ2n) is 10.9. The van der Waals surface area contributed by atoms with E-state index in [2.05, 4.69) is 32.9 Å². The first kappa shape index (κ1) is 23.9. The number of rotatable bonds is 7. The van der Waals surface area contributed by atoms with E-state index < -0.39 is 0 Å². The molecule has 1 aromatic carbocycles. The molecule has 3 aromatic rings. The summed E-state index contributed by atoms with van der Waals surface area (Å²) in [6.07, 6.45) is 16.5. The van der Waals surface area contributed by atoms with E-state index in [9.17, 15) is 0 Å². The van der Waals surface area contributed by atoms with Gasteiger partial charge < -0.3 is 19.2 Å². The maximum absolute atomic E-state index is 6.41. The van der Waals surface area contributed by atoms with Crippen LogP contribution in [0.5, 0.6) is 11.5 Å². The van der Waals surface area contributed by atoms with E-state index in [0.717, 1.165) is 40.6 Å². The van der Waals surface area contributed by atoms with Crippen molar-refractivity contribution in [2.75, 3.05) is 26.1 Å². The Morgan fingerprint density at radius 1 is 0.972 bits per heavy atom. The minimum absolute atomic E-state index is 0.530. The Morgan fingerprint density at radius 3 is 2.44 bits per heavy atom. The van der Waals surface area contributed by atoms with Crippen LogP contribution in [0.2, 0.25) is 5.02 Å². The topological polar surface area (TPSA) is 51.0 Å². The summed E-state index contributed by atoms with van der Waals surface area (Å²) in [6, 6.07) is 10.0. The Balaban J connectivity index is 1.16. The molecular weight excluding hydrogens is 472 g/mol. The van der Waals surface area contributed by atoms with E-state index in [0.29, 0.717) is 22.6 Å². The summed E-state index contributed by atoms with van der Waals surface area (Å²) in [4.78, 5) is 7.78. The molecule has 2 bridgehead atoms. The van der Waals surface area contributed by atoms with Gasteiger partial charge in [0.15, 0.2) is 0 Å². The van der Waals surface area contributed by atoms with Gasteiger partial charge in [-0.05, 0) is 56.6 Å². The Hall–Kier alpha value is -2.44. The first-order valence-corrected chi connectivity index (χ1v) is 13.9. The summed E-state index contributed by atoms with van der Waals surface area (Å²) in [5.74, 6) is 2.21. The number of ether oxygens (including phenoxy) is 2. The van der Waals surface area contributed by atoms with E-state index >= 15 is 0 Å². The molecule has 0 radical (unpaired) electrons. The van der Waals surface area contributed by atoms with E-state index in [4.69, 9.17) is 26.1 Å². The minimum atomic E-state index is 0.530. The van der Waals surface area contributed by atoms with E-state index in [1.165, 1.54) is 64.3 Å². The third kappa shape index (κ3) is 4.66. The van der Waals surface area contributed by atoms with Crippen LogP contribution in [0.15, 0.2) is 36.7 Å². The number of fused-ring (bicyclic) bond motifs is 3. The van der Waals surface area contributed by atoms with Crippen molar-refractivity contribution in [1.82, 2.24) is 14.3 Å². The summed E-state index contributed by atoms with van der Waals surface area (Å²) in [6.45, 7) is 1.34. The SMILES string of the molecule is COc1cc(OC)c(-c2cn3ccc(NC4C[C@H]5CC[C@@H](C4)N5CC4CCCCC4)cc3n2)cc1Cl. The van der Waals surface area contributed by atoms with Crippen LogP contribution in [0.1, 0.15) is 57.8 Å². The lowest BCUT2D eigenvalue weighted by atomic mass is 9.87. The van der Waals surface area contributed by atoms with E-state index in [-0.39, 0.29) is 0 Å². The summed E-state index contributed by atoms with van der Waals surface area (Å²) in [7, 11) is 3.25. The highest BCUT2D eigenvalue weighted by Crippen LogP contribution is 2.40. The molecule has 1 saturated carbocycles. The van der Waals surface area contributed by atoms with Crippen molar-refractivity contribution < 1.29 is 9.47 Å². The van der Waals surface area contributed by atoms with Crippen molar-refractivity contribution in [2.24, 2.45) is 5.92 Å². The van der Waals surface area contributed by atoms with Crippen molar-refractivity contribution in [2.45, 2.75) is 75.9 Å². The van der Waals surface area contributed by atoms with Gasteiger partial charge in [-0.15, -0.1) is 0 Å². The molecule has 3 atom stereocenters. The molecule has 7 heteroatoms. The number of piperidine rings is 1. The maximum Gasteiger partial charge on any atom is 0.141 e. The van der Waals surface area contributed by atoms with Gasteiger partial charge in [0.05, 0.1) is 24.9 Å². The average Bonchev–Trinajstić information content (AvgIpc) is 3.41. The van der Waals surface area contributed by atoms with Gasteiger partial charge in [0.25, 0.3) is 0 Å². The molecule has 2 aromatic heterocycles. The molecule has 3 fully saturated rings. The molecule has 0 spiro atoms. The fourth-order valence-electron chi connectivity index (χ4n) is 6.86. The molecule has 0 amide bonds. The number of hydrogen-bond acceptors (Lipinski definition) is 5. The highest BCUT2D eigenvalue weighted by atomic mass is 35.5. The summed E-state index contributed by atoms with van der Waals surface area (Å²) in [5, 5.41) is 4.39. The monoisotopic (exact) mass is 508 g/mol. The van der Waals surface area contributed by atoms with Gasteiger partial charge in [0.1, 0.15) is 17.1 Å². The molecule has 3 aliphatic rings. The number of anilines is 1. The lowest BCUT2D eigenvalue weighted by Gasteiger charge is -2.41. The molecule has 1 N–H and O–H groups in total. The zero-order chi connectivity index (χ0) is 24.6. The lowest BCUT2D eigenvalue weighted by molar-refractivity contribution is 0.100. The number of nitrogens with zero attached hydrogens (tertiary/aromatic N) is 3. The van der Waals surface area contributed by atoms with Crippen LogP contribution in [0.4, 0.5) is 5.69 Å². The predicted octanol–water partition coefficient (Wildman–Crippen LogP) is 6.66. The van der Waals surface area contributed by atoms with Gasteiger partial charge in [-0.2, -0.15) is 0 Å². The summed E-state index contributed by atoms with van der Waals surface area (Å²) < 4.78 is 13.0. The summed E-state index contributed by atoms with van der Waals surface area (Å²) >= 11 is 6.41. The van der Waals surface area contributed by atoms with E-state index in [1.807, 2.05) is 18.3 Å². The fraction of sp³-hybridized carbons (Fsp3) is 0.552. The van der Waals surface area contributed by atoms with Crippen LogP contribution in [-0.4, -0.2) is 53.2 Å². The molecule has 6 rings (SSSR count). The van der Waals surface area contributed by atoms with Gasteiger partial charge >= 0.3 is 0 Å². The second-order valence-corrected chi connectivity index (χ2v) is 11.3. The molecule has 2 aliphatic heterocycles. The largest absolute Gasteiger partial charge is 0.496 e. The number of aromatic nitrogens is 2. The van der Waals surface area contributed by atoms with E-state index in [1.54, 1.807) is 14.2 Å². The number of halogens is 1. The van der Waals surface area contributed by atoms with Gasteiger partial charge in [0, 0.05) is 60.4 Å². The Bertz CT molecular complexity index is 1210. The van der Waals surface area contributed by atoms with Gasteiger partial charge in [-0.1, -0.05) is 30.9 Å². The number of hydrogen-bond donors (Lipinski definition) is 1. The molecule has 2 saturated heterocycles. The van der Waals surface area contributed by atoms with Crippen LogP contribution >= 0.6 is 11.6 Å². The highest BCUT2D eigenvalue weighted by Gasteiger charge is 2.41. The van der Waals surface area contributed by atoms with Crippen LogP contribution < -0.4 is 14.8 Å². The third-order valence-corrected chi connectivity index (χ3v) is 8.95. The molecule has 1 aliphatic carbocycles. The standard InChI is InChI=1S/C29H37ClN4O2/c1-35-27-16-28(36-2)25(30)15-24(27)26-18-33-11-10-20(14-29(33)32-26)31-21-12-22-8-9-23(13-21)34(22)17-19-6-4-3-5-7-19/h10-11,14-16,18-19,21-23,31H,3-9,12-13,17H2,1-2H3/t21?,22-,23+. The van der Waals surface area contributed by atoms with Crippen LogP contribution in [0.25, 0.3) is 16.9 Å². The predicted molar refractivity (Wildman–Crippen MR) is 145 cm³/mol. The quantitative estimate of drug-likeness (QED) is 0.386. The second kappa shape index (κ2) is 10.1. The third-order valence-electron chi connectivity index (χ3n) is 8.66. The fourth-order valence-corrected chi connectivity index (χ4v) is 7.10. The number of nitrogens with one attached hydrogen (secondary N) is 1. The molecule has 4 heterocycles. The first-order chi connectivity index (χ1) is 17.6. The first-order valence-electron chi connectivity index (χ1n) is 13.5. The van der Waals surface area contributed by atoms with Gasteiger partial charge in [0.2, 0.25) is 0 Å². The zero-order valence-electron chi connectivity index (χ0n) is 21.4. The Kier molecular flexibility index (Phi) is 6.74. The van der Waals surface area contributed by atoms with Crippen molar-refractivity contribution in [3.8, 4) is 22.8 Å². The minimum Gasteiger partial charge on any atom is -0.496 e. The number of methoxy groups -OCH3 is 2. The Morgan fingerprint density at radius 2 is 1.72 bits per heavy atom. The Labute approximate surface area is 218 Å². The number of benzene rings is 1. The molecule has 6 nitrogen and oxygen atoms in total. The zero-order valence-corrected chi connectivity index (χ0v) is 22.1. The van der Waals surface area contributed by atoms with Crippen LogP contribution in [0, 0.1) is 5.92 Å². The number of pyridine rings is 1. The molecule has 192 valence electrons. The van der Waals surface area contributed by atoms with Crippen molar-refractivity contribution in [3.05, 3.63) is 41.7 Å². The molecule has 1 unspecified atom stereocenters. The average molecular weight is 509 g/mol. The highest BCUT2D eigenvalue weighted by molar-refractivity contribution is 6.32. The lowest BCUT2D eigenvalue weighted by Crippen LogP contribution is -2.48. The summed E-state index contributed by atoms with van der Waals surface area (Å²) in [5.41, 5.74) is 3.72. The van der Waals surface area contributed by atoms with Crippen molar-refractivity contribution in [1.29, 1.82) is 0 Å². The normalized spacial score (nSPS) is 24.8. The van der Waals surface area contributed by atoms with Crippen molar-refractivity contribution in [3.63, 3.8) is 0 Å². The molecular formula is C29H37ClN4O2. The number of imidazole rings is 1.